The lowest BCUT2D eigenvalue weighted by Gasteiger charge is -1.85. The summed E-state index contributed by atoms with van der Waals surface area (Å²) in [6.45, 7) is 0.367. The monoisotopic (exact) mass is 131 g/mol. The van der Waals surface area contributed by atoms with E-state index in [4.69, 9.17) is 21.8 Å². The third-order valence-electron chi connectivity index (χ3n) is 0.876. The Hall–Kier alpha value is -0.470. The first kappa shape index (κ1) is 5.66. The molecule has 0 aliphatic carbocycles. The van der Waals surface area contributed by atoms with E-state index in [2.05, 4.69) is 0 Å². The molecule has 1 aromatic heterocycles. The molecule has 0 unspecified atom stereocenters. The fourth-order valence-corrected chi connectivity index (χ4v) is 0.644. The quantitative estimate of drug-likeness (QED) is 0.626. The Labute approximate surface area is 52.2 Å². The maximum Gasteiger partial charge on any atom is 0.135 e. The first-order valence-corrected chi connectivity index (χ1v) is 2.64. The van der Waals surface area contributed by atoms with Gasteiger partial charge in [-0.3, -0.25) is 0 Å². The summed E-state index contributed by atoms with van der Waals surface area (Å²) in [5.41, 5.74) is 5.22. The van der Waals surface area contributed by atoms with Crippen molar-refractivity contribution in [2.75, 3.05) is 0 Å². The van der Waals surface area contributed by atoms with Gasteiger partial charge in [0.05, 0.1) is 17.8 Å². The molecule has 0 amide bonds. The van der Waals surface area contributed by atoms with Gasteiger partial charge in [0.15, 0.2) is 0 Å². The van der Waals surface area contributed by atoms with Crippen LogP contribution in [-0.4, -0.2) is 0 Å². The minimum absolute atomic E-state index is 0.367. The van der Waals surface area contributed by atoms with Gasteiger partial charge in [0.1, 0.15) is 5.76 Å². The van der Waals surface area contributed by atoms with Crippen LogP contribution in [0.1, 0.15) is 5.76 Å². The summed E-state index contributed by atoms with van der Waals surface area (Å²) in [6.07, 6.45) is 1.52. The Morgan fingerprint density at radius 1 is 1.75 bits per heavy atom. The summed E-state index contributed by atoms with van der Waals surface area (Å²) in [5, 5.41) is 0.604. The van der Waals surface area contributed by atoms with Gasteiger partial charge in [0.25, 0.3) is 0 Å². The second-order valence-electron chi connectivity index (χ2n) is 1.40. The van der Waals surface area contributed by atoms with Crippen LogP contribution in [-0.2, 0) is 6.54 Å². The van der Waals surface area contributed by atoms with Crippen LogP contribution in [0.3, 0.4) is 0 Å². The molecule has 0 atom stereocenters. The molecule has 0 aromatic carbocycles. The largest absolute Gasteiger partial charge is 0.466 e. The third-order valence-corrected chi connectivity index (χ3v) is 1.21. The minimum Gasteiger partial charge on any atom is -0.466 e. The summed E-state index contributed by atoms with van der Waals surface area (Å²) in [5.74, 6) is 0.645. The van der Waals surface area contributed by atoms with Crippen LogP contribution in [0.2, 0.25) is 5.02 Å². The molecule has 0 saturated heterocycles. The van der Waals surface area contributed by atoms with Crippen molar-refractivity contribution < 1.29 is 4.42 Å². The van der Waals surface area contributed by atoms with Crippen molar-refractivity contribution in [3.63, 3.8) is 0 Å². The van der Waals surface area contributed by atoms with E-state index in [-0.39, 0.29) is 0 Å². The summed E-state index contributed by atoms with van der Waals surface area (Å²) in [7, 11) is 0. The summed E-state index contributed by atoms with van der Waals surface area (Å²) in [6, 6.07) is 1.67. The highest BCUT2D eigenvalue weighted by molar-refractivity contribution is 6.31. The van der Waals surface area contributed by atoms with Gasteiger partial charge in [0, 0.05) is 0 Å². The first-order valence-electron chi connectivity index (χ1n) is 2.26. The SMILES string of the molecule is NCc1occc1Cl. The molecule has 2 N–H and O–H groups in total. The molecule has 1 heterocycles. The van der Waals surface area contributed by atoms with E-state index >= 15 is 0 Å². The van der Waals surface area contributed by atoms with E-state index in [1.54, 1.807) is 6.07 Å². The molecule has 3 heteroatoms. The average molecular weight is 132 g/mol. The molecule has 8 heavy (non-hydrogen) atoms. The molecular weight excluding hydrogens is 126 g/mol. The number of nitrogens with two attached hydrogens (primary N) is 1. The van der Waals surface area contributed by atoms with Crippen molar-refractivity contribution in [3.8, 4) is 0 Å². The van der Waals surface area contributed by atoms with Crippen molar-refractivity contribution in [1.29, 1.82) is 0 Å². The zero-order valence-electron chi connectivity index (χ0n) is 4.23. The van der Waals surface area contributed by atoms with Crippen LogP contribution >= 0.6 is 11.6 Å². The molecular formula is C5H6ClNO. The molecule has 0 aliphatic rings. The Morgan fingerprint density at radius 2 is 2.50 bits per heavy atom. The molecule has 1 rings (SSSR count). The number of rotatable bonds is 1. The van der Waals surface area contributed by atoms with Crippen LogP contribution in [0.25, 0.3) is 0 Å². The lowest BCUT2D eigenvalue weighted by Crippen LogP contribution is -1.93. The average Bonchev–Trinajstić information content (AvgIpc) is 2.14. The molecule has 0 saturated carbocycles. The van der Waals surface area contributed by atoms with Crippen molar-refractivity contribution in [2.45, 2.75) is 6.54 Å². The maximum absolute atomic E-state index is 5.57. The Bertz CT molecular complexity index is 173. The van der Waals surface area contributed by atoms with Gasteiger partial charge < -0.3 is 10.2 Å². The van der Waals surface area contributed by atoms with Crippen LogP contribution < -0.4 is 5.73 Å². The third kappa shape index (κ3) is 0.854. The summed E-state index contributed by atoms with van der Waals surface area (Å²) < 4.78 is 4.86. The van der Waals surface area contributed by atoms with Gasteiger partial charge in [-0.25, -0.2) is 0 Å². The van der Waals surface area contributed by atoms with E-state index in [1.807, 2.05) is 0 Å². The molecule has 1 aromatic rings. The molecule has 0 spiro atoms. The Kier molecular flexibility index (Phi) is 1.56. The van der Waals surface area contributed by atoms with E-state index in [1.165, 1.54) is 6.26 Å². The Balaban J connectivity index is 2.92. The standard InChI is InChI=1S/C5H6ClNO/c6-4-1-2-8-5(4)3-7/h1-2H,3,7H2. The first-order chi connectivity index (χ1) is 3.84. The van der Waals surface area contributed by atoms with Crippen molar-refractivity contribution in [3.05, 3.63) is 23.1 Å². The van der Waals surface area contributed by atoms with Gasteiger partial charge in [-0.15, -0.1) is 0 Å². The highest BCUT2D eigenvalue weighted by Gasteiger charge is 1.97. The van der Waals surface area contributed by atoms with E-state index in [0.29, 0.717) is 17.3 Å². The van der Waals surface area contributed by atoms with Crippen molar-refractivity contribution >= 4 is 11.6 Å². The van der Waals surface area contributed by atoms with Crippen LogP contribution in [0.5, 0.6) is 0 Å². The zero-order chi connectivity index (χ0) is 5.98. The molecule has 0 radical (unpaired) electrons. The number of hydrogen-bond acceptors (Lipinski definition) is 2. The van der Waals surface area contributed by atoms with Crippen LogP contribution in [0, 0.1) is 0 Å². The highest BCUT2D eigenvalue weighted by atomic mass is 35.5. The van der Waals surface area contributed by atoms with Gasteiger partial charge in [-0.2, -0.15) is 0 Å². The van der Waals surface area contributed by atoms with Gasteiger partial charge >= 0.3 is 0 Å². The second-order valence-corrected chi connectivity index (χ2v) is 1.80. The fraction of sp³-hybridized carbons (Fsp3) is 0.200. The molecule has 0 aliphatic heterocycles. The molecule has 2 nitrogen and oxygen atoms in total. The maximum atomic E-state index is 5.57. The normalized spacial score (nSPS) is 9.75. The van der Waals surface area contributed by atoms with E-state index in [9.17, 15) is 0 Å². The topological polar surface area (TPSA) is 39.2 Å². The Morgan fingerprint density at radius 3 is 2.75 bits per heavy atom. The van der Waals surface area contributed by atoms with Crippen molar-refractivity contribution in [1.82, 2.24) is 0 Å². The predicted molar refractivity (Wildman–Crippen MR) is 31.6 cm³/mol. The summed E-state index contributed by atoms with van der Waals surface area (Å²) in [4.78, 5) is 0. The van der Waals surface area contributed by atoms with Gasteiger partial charge in [-0.05, 0) is 6.07 Å². The number of halogens is 1. The summed E-state index contributed by atoms with van der Waals surface area (Å²) >= 11 is 5.57. The second kappa shape index (κ2) is 2.20. The fourth-order valence-electron chi connectivity index (χ4n) is 0.471. The van der Waals surface area contributed by atoms with Crippen LogP contribution in [0.4, 0.5) is 0 Å². The lowest BCUT2D eigenvalue weighted by atomic mass is 10.5. The van der Waals surface area contributed by atoms with E-state index < -0.39 is 0 Å². The van der Waals surface area contributed by atoms with E-state index in [0.717, 1.165) is 0 Å². The smallest absolute Gasteiger partial charge is 0.135 e. The van der Waals surface area contributed by atoms with Crippen LogP contribution in [0.15, 0.2) is 16.7 Å². The minimum atomic E-state index is 0.367. The van der Waals surface area contributed by atoms with Gasteiger partial charge in [-0.1, -0.05) is 11.6 Å². The number of furan rings is 1. The molecule has 0 fully saturated rings. The zero-order valence-corrected chi connectivity index (χ0v) is 4.98. The lowest BCUT2D eigenvalue weighted by molar-refractivity contribution is 0.512. The van der Waals surface area contributed by atoms with Crippen molar-refractivity contribution in [2.24, 2.45) is 5.73 Å². The highest BCUT2D eigenvalue weighted by Crippen LogP contribution is 2.14. The molecule has 44 valence electrons. The molecule has 0 bridgehead atoms. The number of hydrogen-bond donors (Lipinski definition) is 1. The predicted octanol–water partition coefficient (Wildman–Crippen LogP) is 1.39. The van der Waals surface area contributed by atoms with Gasteiger partial charge in [0.2, 0.25) is 0 Å².